The molecule has 0 spiro atoms. The lowest BCUT2D eigenvalue weighted by atomic mass is 9.79. The van der Waals surface area contributed by atoms with Crippen LogP contribution in [0.15, 0.2) is 0 Å². The standard InChI is InChI=1S/C14H28O4/c1-8-14(6,7)18-17-11(12(15)16)13(4,5)9-10(2)3/h10-11H,8-9H2,1-7H3,(H,15,16). The molecule has 0 radical (unpaired) electrons. The molecule has 1 unspecified atom stereocenters. The van der Waals surface area contributed by atoms with E-state index in [0.29, 0.717) is 5.92 Å². The Morgan fingerprint density at radius 1 is 1.22 bits per heavy atom. The predicted octanol–water partition coefficient (Wildman–Crippen LogP) is 3.65. The molecular formula is C14H28O4. The molecule has 0 aliphatic rings. The van der Waals surface area contributed by atoms with Gasteiger partial charge in [0, 0.05) is 5.41 Å². The number of aliphatic carboxylic acids is 1. The average molecular weight is 260 g/mol. The second-order valence-corrected chi connectivity index (χ2v) is 6.60. The summed E-state index contributed by atoms with van der Waals surface area (Å²) in [6.45, 7) is 13.7. The summed E-state index contributed by atoms with van der Waals surface area (Å²) in [5.41, 5.74) is -0.939. The van der Waals surface area contributed by atoms with Gasteiger partial charge in [-0.25, -0.2) is 14.6 Å². The second-order valence-electron chi connectivity index (χ2n) is 6.60. The highest BCUT2D eigenvalue weighted by atomic mass is 17.2. The maximum atomic E-state index is 11.3. The Morgan fingerprint density at radius 2 is 1.72 bits per heavy atom. The van der Waals surface area contributed by atoms with Crippen LogP contribution in [0.4, 0.5) is 0 Å². The van der Waals surface area contributed by atoms with E-state index in [1.807, 2.05) is 34.6 Å². The number of carboxylic acid groups (broad SMARTS) is 1. The fourth-order valence-electron chi connectivity index (χ4n) is 1.90. The van der Waals surface area contributed by atoms with E-state index < -0.39 is 23.1 Å². The molecule has 1 atom stereocenters. The zero-order valence-electron chi connectivity index (χ0n) is 12.7. The first-order valence-corrected chi connectivity index (χ1v) is 6.59. The van der Waals surface area contributed by atoms with Gasteiger partial charge in [-0.1, -0.05) is 34.6 Å². The van der Waals surface area contributed by atoms with Gasteiger partial charge < -0.3 is 5.11 Å². The van der Waals surface area contributed by atoms with E-state index in [1.54, 1.807) is 0 Å². The summed E-state index contributed by atoms with van der Waals surface area (Å²) < 4.78 is 0. The van der Waals surface area contributed by atoms with Crippen LogP contribution in [0, 0.1) is 11.3 Å². The molecule has 0 aromatic rings. The number of carboxylic acids is 1. The van der Waals surface area contributed by atoms with E-state index in [4.69, 9.17) is 9.78 Å². The largest absolute Gasteiger partial charge is 0.479 e. The minimum atomic E-state index is -0.979. The van der Waals surface area contributed by atoms with E-state index in [0.717, 1.165) is 12.8 Å². The lowest BCUT2D eigenvalue weighted by Gasteiger charge is -2.34. The van der Waals surface area contributed by atoms with Crippen LogP contribution in [0.1, 0.15) is 61.3 Å². The van der Waals surface area contributed by atoms with Crippen LogP contribution in [0.2, 0.25) is 0 Å². The van der Waals surface area contributed by atoms with Crippen molar-refractivity contribution in [3.8, 4) is 0 Å². The Kier molecular flexibility index (Phi) is 6.30. The number of hydrogen-bond donors (Lipinski definition) is 1. The quantitative estimate of drug-likeness (QED) is 0.534. The molecule has 0 rings (SSSR count). The molecule has 0 aromatic carbocycles. The molecule has 0 saturated heterocycles. The first-order valence-electron chi connectivity index (χ1n) is 6.59. The van der Waals surface area contributed by atoms with Crippen molar-refractivity contribution in [2.24, 2.45) is 11.3 Å². The van der Waals surface area contributed by atoms with Crippen molar-refractivity contribution in [3.63, 3.8) is 0 Å². The topological polar surface area (TPSA) is 55.8 Å². The first kappa shape index (κ1) is 17.4. The predicted molar refractivity (Wildman–Crippen MR) is 71.2 cm³/mol. The maximum Gasteiger partial charge on any atom is 0.336 e. The van der Waals surface area contributed by atoms with Gasteiger partial charge in [0.25, 0.3) is 0 Å². The minimum absolute atomic E-state index is 0.407. The molecule has 0 fully saturated rings. The summed E-state index contributed by atoms with van der Waals surface area (Å²) in [5.74, 6) is -0.572. The normalized spacial score (nSPS) is 14.9. The highest BCUT2D eigenvalue weighted by molar-refractivity contribution is 5.73. The summed E-state index contributed by atoms with van der Waals surface area (Å²) in [4.78, 5) is 21.8. The smallest absolute Gasteiger partial charge is 0.336 e. The van der Waals surface area contributed by atoms with Crippen molar-refractivity contribution >= 4 is 5.97 Å². The van der Waals surface area contributed by atoms with Crippen molar-refractivity contribution in [2.75, 3.05) is 0 Å². The molecule has 108 valence electrons. The van der Waals surface area contributed by atoms with Crippen LogP contribution in [-0.4, -0.2) is 22.8 Å². The van der Waals surface area contributed by atoms with E-state index in [9.17, 15) is 9.90 Å². The van der Waals surface area contributed by atoms with Crippen LogP contribution < -0.4 is 0 Å². The highest BCUT2D eigenvalue weighted by Crippen LogP contribution is 2.32. The Balaban J connectivity index is 4.72. The van der Waals surface area contributed by atoms with Crippen LogP contribution in [-0.2, 0) is 14.6 Å². The molecule has 0 bridgehead atoms. The van der Waals surface area contributed by atoms with Crippen molar-refractivity contribution in [1.29, 1.82) is 0 Å². The Morgan fingerprint density at radius 3 is 2.06 bits per heavy atom. The Labute approximate surface area is 111 Å². The highest BCUT2D eigenvalue weighted by Gasteiger charge is 2.39. The van der Waals surface area contributed by atoms with E-state index in [2.05, 4.69) is 13.8 Å². The summed E-state index contributed by atoms with van der Waals surface area (Å²) >= 11 is 0. The van der Waals surface area contributed by atoms with Gasteiger partial charge in [0.2, 0.25) is 0 Å². The summed E-state index contributed by atoms with van der Waals surface area (Å²) in [5, 5.41) is 9.29. The van der Waals surface area contributed by atoms with Gasteiger partial charge in [-0.05, 0) is 32.6 Å². The molecule has 0 aliphatic carbocycles. The van der Waals surface area contributed by atoms with Gasteiger partial charge in [-0.2, -0.15) is 0 Å². The van der Waals surface area contributed by atoms with Crippen molar-refractivity contribution < 1.29 is 19.7 Å². The molecule has 0 saturated carbocycles. The zero-order valence-corrected chi connectivity index (χ0v) is 12.7. The fraction of sp³-hybridized carbons (Fsp3) is 0.929. The first-order chi connectivity index (χ1) is 8.02. The molecule has 18 heavy (non-hydrogen) atoms. The van der Waals surface area contributed by atoms with Gasteiger partial charge >= 0.3 is 5.97 Å². The second kappa shape index (κ2) is 6.53. The fourth-order valence-corrected chi connectivity index (χ4v) is 1.90. The Bertz CT molecular complexity index is 269. The van der Waals surface area contributed by atoms with Crippen LogP contribution in [0.25, 0.3) is 0 Å². The van der Waals surface area contributed by atoms with Crippen molar-refractivity contribution in [3.05, 3.63) is 0 Å². The summed E-state index contributed by atoms with van der Waals surface area (Å²) in [7, 11) is 0. The monoisotopic (exact) mass is 260 g/mol. The molecule has 0 heterocycles. The van der Waals surface area contributed by atoms with E-state index in [1.165, 1.54) is 0 Å². The zero-order chi connectivity index (χ0) is 14.6. The van der Waals surface area contributed by atoms with E-state index in [-0.39, 0.29) is 0 Å². The van der Waals surface area contributed by atoms with Gasteiger partial charge in [0.1, 0.15) is 0 Å². The van der Waals surface area contributed by atoms with Gasteiger partial charge in [-0.3, -0.25) is 0 Å². The maximum absolute atomic E-state index is 11.3. The molecule has 4 heteroatoms. The third kappa shape index (κ3) is 5.83. The van der Waals surface area contributed by atoms with Crippen LogP contribution in [0.3, 0.4) is 0 Å². The molecular weight excluding hydrogens is 232 g/mol. The minimum Gasteiger partial charge on any atom is -0.479 e. The van der Waals surface area contributed by atoms with Crippen LogP contribution >= 0.6 is 0 Å². The lowest BCUT2D eigenvalue weighted by molar-refractivity contribution is -0.385. The van der Waals surface area contributed by atoms with Gasteiger partial charge in [0.05, 0.1) is 5.60 Å². The van der Waals surface area contributed by atoms with E-state index >= 15 is 0 Å². The number of hydrogen-bond acceptors (Lipinski definition) is 3. The third-order valence-corrected chi connectivity index (χ3v) is 3.09. The molecule has 1 N–H and O–H groups in total. The summed E-state index contributed by atoms with van der Waals surface area (Å²) in [6.07, 6.45) is 0.565. The van der Waals surface area contributed by atoms with Crippen molar-refractivity contribution in [1.82, 2.24) is 0 Å². The lowest BCUT2D eigenvalue weighted by Crippen LogP contribution is -2.41. The summed E-state index contributed by atoms with van der Waals surface area (Å²) in [6, 6.07) is 0. The molecule has 4 nitrogen and oxygen atoms in total. The number of rotatable bonds is 8. The molecule has 0 aliphatic heterocycles. The van der Waals surface area contributed by atoms with Gasteiger partial charge in [-0.15, -0.1) is 0 Å². The Hall–Kier alpha value is -0.610. The van der Waals surface area contributed by atoms with Gasteiger partial charge in [0.15, 0.2) is 6.10 Å². The number of carbonyl (C=O) groups is 1. The van der Waals surface area contributed by atoms with Crippen molar-refractivity contribution in [2.45, 2.75) is 73.0 Å². The third-order valence-electron chi connectivity index (χ3n) is 3.09. The average Bonchev–Trinajstić information content (AvgIpc) is 2.14. The van der Waals surface area contributed by atoms with Crippen LogP contribution in [0.5, 0.6) is 0 Å². The molecule has 0 aromatic heterocycles. The SMILES string of the molecule is CCC(C)(C)OOC(C(=O)O)C(C)(C)CC(C)C. The molecule has 0 amide bonds.